The van der Waals surface area contributed by atoms with Crippen LogP contribution in [-0.2, 0) is 13.2 Å². The van der Waals surface area contributed by atoms with Gasteiger partial charge in [-0.1, -0.05) is 28.1 Å². The number of nitrogens with one attached hydrogen (secondary N) is 1. The van der Waals surface area contributed by atoms with Gasteiger partial charge in [0.2, 0.25) is 6.79 Å². The van der Waals surface area contributed by atoms with Crippen LogP contribution >= 0.6 is 15.9 Å². The van der Waals surface area contributed by atoms with Crippen LogP contribution in [0, 0.1) is 5.82 Å². The largest absolute Gasteiger partial charge is 0.493 e. The van der Waals surface area contributed by atoms with E-state index in [1.54, 1.807) is 19.2 Å². The molecule has 0 fully saturated rings. The van der Waals surface area contributed by atoms with Gasteiger partial charge in [0.15, 0.2) is 23.0 Å². The summed E-state index contributed by atoms with van der Waals surface area (Å²) < 4.78 is 36.4. The van der Waals surface area contributed by atoms with E-state index in [4.69, 9.17) is 18.9 Å². The molecule has 0 bridgehead atoms. The minimum atomic E-state index is -0.276. The zero-order valence-electron chi connectivity index (χ0n) is 15.7. The number of methoxy groups -OCH3 is 1. The van der Waals surface area contributed by atoms with Gasteiger partial charge in [0.05, 0.1) is 7.11 Å². The normalized spacial score (nSPS) is 12.0. The molecule has 4 rings (SSSR count). The van der Waals surface area contributed by atoms with Crippen molar-refractivity contribution in [2.45, 2.75) is 13.2 Å². The van der Waals surface area contributed by atoms with Crippen molar-refractivity contribution < 1.29 is 23.3 Å². The predicted molar refractivity (Wildman–Crippen MR) is 111 cm³/mol. The maximum Gasteiger partial charge on any atom is 0.231 e. The van der Waals surface area contributed by atoms with Crippen LogP contribution in [0.25, 0.3) is 0 Å². The fraction of sp³-hybridized carbons (Fsp3) is 0.182. The molecule has 0 unspecified atom stereocenters. The van der Waals surface area contributed by atoms with Crippen LogP contribution in [0.15, 0.2) is 59.1 Å². The van der Waals surface area contributed by atoms with E-state index in [-0.39, 0.29) is 12.6 Å². The molecule has 1 heterocycles. The predicted octanol–water partition coefficient (Wildman–Crippen LogP) is 5.52. The molecule has 7 heteroatoms. The van der Waals surface area contributed by atoms with Gasteiger partial charge in [-0.2, -0.15) is 0 Å². The number of hydrogen-bond acceptors (Lipinski definition) is 5. The number of benzene rings is 3. The van der Waals surface area contributed by atoms with E-state index in [9.17, 15) is 4.39 Å². The summed E-state index contributed by atoms with van der Waals surface area (Å²) in [5.74, 6) is 2.42. The molecule has 3 aromatic carbocycles. The van der Waals surface area contributed by atoms with Gasteiger partial charge in [-0.05, 0) is 42.0 Å². The molecule has 5 nitrogen and oxygen atoms in total. The fourth-order valence-corrected chi connectivity index (χ4v) is 3.45. The zero-order chi connectivity index (χ0) is 20.2. The Kier molecular flexibility index (Phi) is 5.76. The third-order valence-electron chi connectivity index (χ3n) is 4.53. The van der Waals surface area contributed by atoms with Crippen molar-refractivity contribution in [3.05, 3.63) is 76.0 Å². The number of fused-ring (bicyclic) bond motifs is 1. The Labute approximate surface area is 176 Å². The molecule has 0 atom stereocenters. The topological polar surface area (TPSA) is 49.0 Å². The highest BCUT2D eigenvalue weighted by Gasteiger charge is 2.17. The lowest BCUT2D eigenvalue weighted by Crippen LogP contribution is -2.06. The molecule has 0 aliphatic carbocycles. The van der Waals surface area contributed by atoms with Crippen molar-refractivity contribution in [1.29, 1.82) is 0 Å². The maximum atomic E-state index is 13.1. The molecule has 0 radical (unpaired) electrons. The summed E-state index contributed by atoms with van der Waals surface area (Å²) >= 11 is 3.60. The first-order chi connectivity index (χ1) is 14.1. The number of hydrogen-bond donors (Lipinski definition) is 1. The van der Waals surface area contributed by atoms with Crippen molar-refractivity contribution in [3.63, 3.8) is 0 Å². The Morgan fingerprint density at radius 1 is 1.03 bits per heavy atom. The highest BCUT2D eigenvalue weighted by Crippen LogP contribution is 2.38. The maximum absolute atomic E-state index is 13.1. The highest BCUT2D eigenvalue weighted by atomic mass is 79.9. The lowest BCUT2D eigenvalue weighted by molar-refractivity contribution is 0.174. The Bertz CT molecular complexity index is 1010. The summed E-state index contributed by atoms with van der Waals surface area (Å²) in [7, 11) is 1.60. The van der Waals surface area contributed by atoms with Gasteiger partial charge in [-0.3, -0.25) is 0 Å². The lowest BCUT2D eigenvalue weighted by Gasteiger charge is -2.18. The number of ether oxygens (including phenoxy) is 4. The standard InChI is InChI=1S/C22H19BrFNO4/c1-26-20-9-7-18(23)17(22(20)27-12-14-2-4-15(24)5-3-14)11-25-16-6-8-19-21(10-16)29-13-28-19/h2-10,25H,11-13H2,1H3. The van der Waals surface area contributed by atoms with Crippen LogP contribution in [0.4, 0.5) is 10.1 Å². The smallest absolute Gasteiger partial charge is 0.231 e. The van der Waals surface area contributed by atoms with E-state index in [0.29, 0.717) is 30.4 Å². The van der Waals surface area contributed by atoms with E-state index >= 15 is 0 Å². The van der Waals surface area contributed by atoms with E-state index < -0.39 is 0 Å². The van der Waals surface area contributed by atoms with Crippen molar-refractivity contribution in [2.75, 3.05) is 19.2 Å². The monoisotopic (exact) mass is 459 g/mol. The summed E-state index contributed by atoms with van der Waals surface area (Å²) in [6, 6.07) is 15.7. The van der Waals surface area contributed by atoms with Gasteiger partial charge in [-0.15, -0.1) is 0 Å². The number of rotatable bonds is 7. The van der Waals surface area contributed by atoms with Crippen LogP contribution in [0.5, 0.6) is 23.0 Å². The Morgan fingerprint density at radius 2 is 1.83 bits per heavy atom. The molecule has 0 spiro atoms. The Balaban J connectivity index is 1.54. The van der Waals surface area contributed by atoms with Gasteiger partial charge in [0.1, 0.15) is 12.4 Å². The Hall–Kier alpha value is -2.93. The summed E-state index contributed by atoms with van der Waals surface area (Å²) in [4.78, 5) is 0. The second kappa shape index (κ2) is 8.61. The van der Waals surface area contributed by atoms with Crippen molar-refractivity contribution in [2.24, 2.45) is 0 Å². The quantitative estimate of drug-likeness (QED) is 0.504. The fourth-order valence-electron chi connectivity index (χ4n) is 3.00. The van der Waals surface area contributed by atoms with E-state index in [0.717, 1.165) is 27.0 Å². The molecule has 0 saturated heterocycles. The molecule has 1 aliphatic rings. The van der Waals surface area contributed by atoms with Crippen LogP contribution in [0.1, 0.15) is 11.1 Å². The van der Waals surface area contributed by atoms with E-state index in [1.807, 2.05) is 30.3 Å². The summed E-state index contributed by atoms with van der Waals surface area (Å²) in [6.45, 7) is 1.03. The lowest BCUT2D eigenvalue weighted by atomic mass is 10.1. The molecule has 1 N–H and O–H groups in total. The van der Waals surface area contributed by atoms with E-state index in [1.165, 1.54) is 12.1 Å². The van der Waals surface area contributed by atoms with Crippen molar-refractivity contribution >= 4 is 21.6 Å². The molecule has 150 valence electrons. The van der Waals surface area contributed by atoms with Gasteiger partial charge in [0.25, 0.3) is 0 Å². The number of halogens is 2. The van der Waals surface area contributed by atoms with Crippen LogP contribution in [0.2, 0.25) is 0 Å². The van der Waals surface area contributed by atoms with Crippen LogP contribution in [-0.4, -0.2) is 13.9 Å². The second-order valence-electron chi connectivity index (χ2n) is 6.39. The minimum Gasteiger partial charge on any atom is -0.493 e. The van der Waals surface area contributed by atoms with Gasteiger partial charge >= 0.3 is 0 Å². The summed E-state index contributed by atoms with van der Waals surface area (Å²) in [5, 5.41) is 3.38. The second-order valence-corrected chi connectivity index (χ2v) is 7.25. The minimum absolute atomic E-state index is 0.238. The average molecular weight is 460 g/mol. The molecule has 0 amide bonds. The van der Waals surface area contributed by atoms with Gasteiger partial charge in [0, 0.05) is 28.3 Å². The third kappa shape index (κ3) is 4.40. The van der Waals surface area contributed by atoms with Crippen LogP contribution < -0.4 is 24.3 Å². The molecule has 0 saturated carbocycles. The van der Waals surface area contributed by atoms with E-state index in [2.05, 4.69) is 21.2 Å². The molecule has 3 aromatic rings. The summed E-state index contributed by atoms with van der Waals surface area (Å²) in [5.41, 5.74) is 2.67. The Morgan fingerprint density at radius 3 is 2.62 bits per heavy atom. The highest BCUT2D eigenvalue weighted by molar-refractivity contribution is 9.10. The average Bonchev–Trinajstić information content (AvgIpc) is 3.20. The van der Waals surface area contributed by atoms with Crippen LogP contribution in [0.3, 0.4) is 0 Å². The summed E-state index contributed by atoms with van der Waals surface area (Å²) in [6.07, 6.45) is 0. The molecular weight excluding hydrogens is 441 g/mol. The zero-order valence-corrected chi connectivity index (χ0v) is 17.3. The van der Waals surface area contributed by atoms with Gasteiger partial charge in [-0.25, -0.2) is 4.39 Å². The first kappa shape index (κ1) is 19.4. The molecule has 29 heavy (non-hydrogen) atoms. The number of anilines is 1. The van der Waals surface area contributed by atoms with Crippen molar-refractivity contribution in [3.8, 4) is 23.0 Å². The SMILES string of the molecule is COc1ccc(Br)c(CNc2ccc3c(c2)OCO3)c1OCc1ccc(F)cc1. The van der Waals surface area contributed by atoms with Gasteiger partial charge < -0.3 is 24.3 Å². The molecule has 1 aliphatic heterocycles. The molecule has 0 aromatic heterocycles. The van der Waals surface area contributed by atoms with Crippen molar-refractivity contribution in [1.82, 2.24) is 0 Å². The third-order valence-corrected chi connectivity index (χ3v) is 5.27. The molecular formula is C22H19BrFNO4. The first-order valence-corrected chi connectivity index (χ1v) is 9.79. The first-order valence-electron chi connectivity index (χ1n) is 9.00.